The van der Waals surface area contributed by atoms with E-state index < -0.39 is 0 Å². The van der Waals surface area contributed by atoms with Crippen molar-refractivity contribution >= 4 is 27.7 Å². The molecule has 0 amide bonds. The Hall–Kier alpha value is -0.0600. The van der Waals surface area contributed by atoms with Crippen molar-refractivity contribution in [1.29, 1.82) is 0 Å². The number of benzene rings is 1. The van der Waals surface area contributed by atoms with Crippen molar-refractivity contribution < 1.29 is 4.39 Å². The molecule has 1 fully saturated rings. The number of hydrogen-bond acceptors (Lipinski definition) is 2. The van der Waals surface area contributed by atoms with Crippen LogP contribution in [0.3, 0.4) is 0 Å². The van der Waals surface area contributed by atoms with Crippen LogP contribution in [0.5, 0.6) is 0 Å². The van der Waals surface area contributed by atoms with E-state index in [1.807, 2.05) is 11.8 Å². The second kappa shape index (κ2) is 6.03. The number of rotatable bonds is 4. The molecule has 1 aliphatic rings. The SMILES string of the molecule is Fc1ccc(Br)c(CNCC2CCCS2)c1. The molecule has 16 heavy (non-hydrogen) atoms. The molecule has 1 aliphatic heterocycles. The minimum atomic E-state index is -0.171. The van der Waals surface area contributed by atoms with E-state index in [0.717, 1.165) is 28.4 Å². The normalized spacial score (nSPS) is 20.2. The minimum Gasteiger partial charge on any atom is -0.312 e. The molecule has 88 valence electrons. The van der Waals surface area contributed by atoms with Crippen molar-refractivity contribution in [2.75, 3.05) is 12.3 Å². The van der Waals surface area contributed by atoms with Gasteiger partial charge in [-0.3, -0.25) is 0 Å². The monoisotopic (exact) mass is 303 g/mol. The molecule has 2 rings (SSSR count). The smallest absolute Gasteiger partial charge is 0.123 e. The first-order valence-corrected chi connectivity index (χ1v) is 7.36. The summed E-state index contributed by atoms with van der Waals surface area (Å²) in [6, 6.07) is 4.82. The molecule has 1 N–H and O–H groups in total. The summed E-state index contributed by atoms with van der Waals surface area (Å²) < 4.78 is 14.0. The van der Waals surface area contributed by atoms with E-state index in [2.05, 4.69) is 21.2 Å². The quantitative estimate of drug-likeness (QED) is 0.912. The number of thioether (sulfide) groups is 1. The standard InChI is InChI=1S/C12H15BrFNS/c13-12-4-3-10(14)6-9(12)7-15-8-11-2-1-5-16-11/h3-4,6,11,15H,1-2,5,7-8H2. The predicted octanol–water partition coefficient (Wildman–Crippen LogP) is 3.57. The molecule has 1 aromatic rings. The molecular weight excluding hydrogens is 289 g/mol. The third-order valence-corrected chi connectivity index (χ3v) is 4.89. The molecule has 0 radical (unpaired) electrons. The summed E-state index contributed by atoms with van der Waals surface area (Å²) in [4.78, 5) is 0. The summed E-state index contributed by atoms with van der Waals surface area (Å²) in [5.74, 6) is 1.12. The van der Waals surface area contributed by atoms with Gasteiger partial charge in [0.15, 0.2) is 0 Å². The minimum absolute atomic E-state index is 0.171. The average Bonchev–Trinajstić information content (AvgIpc) is 2.76. The summed E-state index contributed by atoms with van der Waals surface area (Å²) in [6.07, 6.45) is 2.64. The van der Waals surface area contributed by atoms with Gasteiger partial charge in [-0.15, -0.1) is 0 Å². The highest BCUT2D eigenvalue weighted by Gasteiger charge is 2.14. The van der Waals surface area contributed by atoms with Crippen molar-refractivity contribution in [3.05, 3.63) is 34.1 Å². The number of nitrogens with one attached hydrogen (secondary N) is 1. The lowest BCUT2D eigenvalue weighted by Gasteiger charge is -2.11. The van der Waals surface area contributed by atoms with E-state index in [1.165, 1.54) is 24.7 Å². The third-order valence-electron chi connectivity index (χ3n) is 2.72. The summed E-state index contributed by atoms with van der Waals surface area (Å²) in [5, 5.41) is 4.14. The van der Waals surface area contributed by atoms with Gasteiger partial charge in [0.25, 0.3) is 0 Å². The van der Waals surface area contributed by atoms with Gasteiger partial charge in [0.05, 0.1) is 0 Å². The molecule has 1 unspecified atom stereocenters. The first-order chi connectivity index (χ1) is 7.75. The largest absolute Gasteiger partial charge is 0.312 e. The lowest BCUT2D eigenvalue weighted by Crippen LogP contribution is -2.22. The van der Waals surface area contributed by atoms with Gasteiger partial charge in [-0.1, -0.05) is 15.9 Å². The lowest BCUT2D eigenvalue weighted by molar-refractivity contribution is 0.614. The molecule has 1 heterocycles. The van der Waals surface area contributed by atoms with E-state index in [9.17, 15) is 4.39 Å². The number of hydrogen-bond donors (Lipinski definition) is 1. The van der Waals surface area contributed by atoms with E-state index >= 15 is 0 Å². The molecule has 1 aromatic carbocycles. The van der Waals surface area contributed by atoms with Crippen LogP contribution in [0.2, 0.25) is 0 Å². The molecule has 1 saturated heterocycles. The highest BCUT2D eigenvalue weighted by atomic mass is 79.9. The molecule has 1 atom stereocenters. The van der Waals surface area contributed by atoms with Crippen LogP contribution in [0.4, 0.5) is 4.39 Å². The van der Waals surface area contributed by atoms with Crippen LogP contribution in [-0.4, -0.2) is 17.5 Å². The zero-order valence-electron chi connectivity index (χ0n) is 9.01. The second-order valence-corrected chi connectivity index (χ2v) is 6.26. The van der Waals surface area contributed by atoms with E-state index in [0.29, 0.717) is 0 Å². The van der Waals surface area contributed by atoms with Crippen LogP contribution in [0, 0.1) is 5.82 Å². The van der Waals surface area contributed by atoms with E-state index in [4.69, 9.17) is 0 Å². The van der Waals surface area contributed by atoms with Crippen LogP contribution in [0.1, 0.15) is 18.4 Å². The van der Waals surface area contributed by atoms with Gasteiger partial charge in [0.1, 0.15) is 5.82 Å². The third kappa shape index (κ3) is 3.47. The van der Waals surface area contributed by atoms with Crippen molar-refractivity contribution in [2.45, 2.75) is 24.6 Å². The second-order valence-electron chi connectivity index (χ2n) is 4.00. The Balaban J connectivity index is 1.82. The van der Waals surface area contributed by atoms with Crippen LogP contribution in [0.15, 0.2) is 22.7 Å². The predicted molar refractivity (Wildman–Crippen MR) is 71.3 cm³/mol. The van der Waals surface area contributed by atoms with Crippen LogP contribution < -0.4 is 5.32 Å². The van der Waals surface area contributed by atoms with Gasteiger partial charge in [0.2, 0.25) is 0 Å². The number of halogens is 2. The molecule has 0 spiro atoms. The molecule has 0 saturated carbocycles. The topological polar surface area (TPSA) is 12.0 Å². The van der Waals surface area contributed by atoms with Crippen molar-refractivity contribution in [2.24, 2.45) is 0 Å². The summed E-state index contributed by atoms with van der Waals surface area (Å²) >= 11 is 5.47. The molecule has 4 heteroatoms. The van der Waals surface area contributed by atoms with Gasteiger partial charge in [0, 0.05) is 22.8 Å². The fourth-order valence-electron chi connectivity index (χ4n) is 1.85. The summed E-state index contributed by atoms with van der Waals surface area (Å²) in [5.41, 5.74) is 0.989. The highest BCUT2D eigenvalue weighted by Crippen LogP contribution is 2.25. The van der Waals surface area contributed by atoms with E-state index in [-0.39, 0.29) is 5.82 Å². The lowest BCUT2D eigenvalue weighted by atomic mass is 10.2. The average molecular weight is 304 g/mol. The Labute approximate surface area is 108 Å². The summed E-state index contributed by atoms with van der Waals surface area (Å²) in [6.45, 7) is 1.75. The first kappa shape index (κ1) is 12.4. The zero-order chi connectivity index (χ0) is 11.4. The Bertz CT molecular complexity index is 353. The van der Waals surface area contributed by atoms with Crippen LogP contribution in [-0.2, 0) is 6.54 Å². The summed E-state index contributed by atoms with van der Waals surface area (Å²) in [7, 11) is 0. The fraction of sp³-hybridized carbons (Fsp3) is 0.500. The van der Waals surface area contributed by atoms with Gasteiger partial charge in [-0.05, 0) is 42.4 Å². The van der Waals surface area contributed by atoms with Gasteiger partial charge in [-0.25, -0.2) is 4.39 Å². The molecular formula is C12H15BrFNS. The van der Waals surface area contributed by atoms with Crippen molar-refractivity contribution in [3.63, 3.8) is 0 Å². The van der Waals surface area contributed by atoms with Crippen molar-refractivity contribution in [1.82, 2.24) is 5.32 Å². The highest BCUT2D eigenvalue weighted by molar-refractivity contribution is 9.10. The van der Waals surface area contributed by atoms with Gasteiger partial charge in [-0.2, -0.15) is 11.8 Å². The van der Waals surface area contributed by atoms with Crippen LogP contribution in [0.25, 0.3) is 0 Å². The fourth-order valence-corrected chi connectivity index (χ4v) is 3.47. The Morgan fingerprint density at radius 1 is 1.50 bits per heavy atom. The molecule has 0 aromatic heterocycles. The zero-order valence-corrected chi connectivity index (χ0v) is 11.4. The Morgan fingerprint density at radius 2 is 2.38 bits per heavy atom. The van der Waals surface area contributed by atoms with Crippen LogP contribution >= 0.6 is 27.7 Å². The van der Waals surface area contributed by atoms with Gasteiger partial charge < -0.3 is 5.32 Å². The maximum Gasteiger partial charge on any atom is 0.123 e. The Kier molecular flexibility index (Phi) is 4.67. The maximum atomic E-state index is 13.0. The molecule has 0 aliphatic carbocycles. The van der Waals surface area contributed by atoms with Gasteiger partial charge >= 0.3 is 0 Å². The van der Waals surface area contributed by atoms with E-state index in [1.54, 1.807) is 12.1 Å². The first-order valence-electron chi connectivity index (χ1n) is 5.52. The molecule has 1 nitrogen and oxygen atoms in total. The van der Waals surface area contributed by atoms with Crippen molar-refractivity contribution in [3.8, 4) is 0 Å². The Morgan fingerprint density at radius 3 is 3.12 bits per heavy atom. The molecule has 0 bridgehead atoms. The maximum absolute atomic E-state index is 13.0.